The van der Waals surface area contributed by atoms with Crippen molar-refractivity contribution < 1.29 is 9.90 Å². The molecule has 0 saturated heterocycles. The minimum Gasteiger partial charge on any atom is -0.481 e. The molecule has 1 aliphatic rings. The number of hydrogen-bond donors (Lipinski definition) is 2. The first kappa shape index (κ1) is 8.72. The number of carboxylic acid groups (broad SMARTS) is 1. The minimum absolute atomic E-state index is 0.0539. The Morgan fingerprint density at radius 3 is 2.77 bits per heavy atom. The van der Waals surface area contributed by atoms with Gasteiger partial charge in [0.05, 0.1) is 0 Å². The van der Waals surface area contributed by atoms with Crippen LogP contribution in [-0.4, -0.2) is 17.1 Å². The van der Waals surface area contributed by atoms with Gasteiger partial charge >= 0.3 is 5.97 Å². The van der Waals surface area contributed by atoms with Crippen molar-refractivity contribution in [1.29, 1.82) is 0 Å². The van der Waals surface area contributed by atoms with Crippen LogP contribution in [0.25, 0.3) is 0 Å². The van der Waals surface area contributed by atoms with Crippen molar-refractivity contribution in [2.75, 3.05) is 0 Å². The lowest BCUT2D eigenvalue weighted by Crippen LogP contribution is -2.53. The first-order valence-corrected chi connectivity index (χ1v) is 5.06. The molecule has 1 aromatic rings. The van der Waals surface area contributed by atoms with Gasteiger partial charge in [-0.05, 0) is 24.3 Å². The highest BCUT2D eigenvalue weighted by Crippen LogP contribution is 2.45. The van der Waals surface area contributed by atoms with Crippen molar-refractivity contribution in [2.24, 2.45) is 5.73 Å². The van der Waals surface area contributed by atoms with Crippen LogP contribution in [0.4, 0.5) is 0 Å². The van der Waals surface area contributed by atoms with E-state index in [-0.39, 0.29) is 6.04 Å². The fraction of sp³-hybridized carbons (Fsp3) is 0.444. The molecule has 0 spiro atoms. The normalized spacial score (nSPS) is 32.5. The summed E-state index contributed by atoms with van der Waals surface area (Å²) >= 11 is 1.50. The molecule has 0 aromatic carbocycles. The Morgan fingerprint density at radius 2 is 2.38 bits per heavy atom. The second-order valence-electron chi connectivity index (χ2n) is 3.53. The van der Waals surface area contributed by atoms with Crippen LogP contribution in [0.2, 0.25) is 0 Å². The summed E-state index contributed by atoms with van der Waals surface area (Å²) in [4.78, 5) is 12.0. The summed E-state index contributed by atoms with van der Waals surface area (Å²) < 4.78 is 0. The zero-order valence-electron chi connectivity index (χ0n) is 7.06. The topological polar surface area (TPSA) is 63.3 Å². The maximum Gasteiger partial charge on any atom is 0.315 e. The largest absolute Gasteiger partial charge is 0.481 e. The van der Waals surface area contributed by atoms with E-state index in [2.05, 4.69) is 0 Å². The summed E-state index contributed by atoms with van der Waals surface area (Å²) in [5.74, 6) is -0.739. The van der Waals surface area contributed by atoms with E-state index in [0.717, 1.165) is 4.88 Å². The molecule has 13 heavy (non-hydrogen) atoms. The quantitative estimate of drug-likeness (QED) is 0.748. The summed E-state index contributed by atoms with van der Waals surface area (Å²) in [7, 11) is 0. The molecule has 0 aliphatic heterocycles. The molecule has 0 unspecified atom stereocenters. The fourth-order valence-corrected chi connectivity index (χ4v) is 2.81. The zero-order chi connectivity index (χ0) is 9.47. The molecule has 0 atom stereocenters. The molecule has 1 heterocycles. The molecule has 70 valence electrons. The van der Waals surface area contributed by atoms with Gasteiger partial charge in [0.25, 0.3) is 0 Å². The number of rotatable bonds is 2. The van der Waals surface area contributed by atoms with Crippen molar-refractivity contribution in [1.82, 2.24) is 0 Å². The summed E-state index contributed by atoms with van der Waals surface area (Å²) in [6.07, 6.45) is 1.14. The van der Waals surface area contributed by atoms with E-state index in [0.29, 0.717) is 12.8 Å². The molecule has 0 amide bonds. The van der Waals surface area contributed by atoms with Crippen molar-refractivity contribution >= 4 is 17.3 Å². The van der Waals surface area contributed by atoms with E-state index >= 15 is 0 Å². The maximum atomic E-state index is 11.1. The molecule has 1 aromatic heterocycles. The van der Waals surface area contributed by atoms with Crippen molar-refractivity contribution in [2.45, 2.75) is 24.3 Å². The third-order valence-corrected chi connectivity index (χ3v) is 3.70. The molecule has 1 aliphatic carbocycles. The highest BCUT2D eigenvalue weighted by atomic mass is 32.1. The SMILES string of the molecule is NC1CC(C(=O)O)(c2cccs2)C1. The summed E-state index contributed by atoms with van der Waals surface area (Å²) in [6, 6.07) is 3.82. The van der Waals surface area contributed by atoms with Gasteiger partial charge in [0.1, 0.15) is 5.41 Å². The van der Waals surface area contributed by atoms with Gasteiger partial charge in [-0.1, -0.05) is 6.07 Å². The van der Waals surface area contributed by atoms with Crippen LogP contribution in [0, 0.1) is 0 Å². The minimum atomic E-state index is -0.739. The highest BCUT2D eigenvalue weighted by molar-refractivity contribution is 7.10. The van der Waals surface area contributed by atoms with Crippen molar-refractivity contribution in [3.8, 4) is 0 Å². The van der Waals surface area contributed by atoms with Crippen LogP contribution < -0.4 is 5.73 Å². The van der Waals surface area contributed by atoms with Crippen molar-refractivity contribution in [3.63, 3.8) is 0 Å². The number of thiophene rings is 1. The van der Waals surface area contributed by atoms with E-state index in [1.807, 2.05) is 17.5 Å². The van der Waals surface area contributed by atoms with Crippen LogP contribution in [0.15, 0.2) is 17.5 Å². The van der Waals surface area contributed by atoms with E-state index in [1.165, 1.54) is 11.3 Å². The lowest BCUT2D eigenvalue weighted by molar-refractivity contribution is -0.148. The number of carbonyl (C=O) groups is 1. The number of carboxylic acids is 1. The fourth-order valence-electron chi connectivity index (χ4n) is 1.87. The van der Waals surface area contributed by atoms with Gasteiger partial charge in [-0.25, -0.2) is 0 Å². The van der Waals surface area contributed by atoms with Gasteiger partial charge in [0.15, 0.2) is 0 Å². The summed E-state index contributed by atoms with van der Waals surface area (Å²) in [6.45, 7) is 0. The van der Waals surface area contributed by atoms with E-state index in [1.54, 1.807) is 0 Å². The lowest BCUT2D eigenvalue weighted by atomic mass is 9.65. The summed E-state index contributed by atoms with van der Waals surface area (Å²) in [5, 5.41) is 11.0. The standard InChI is InChI=1S/C9H11NO2S/c10-6-4-9(5-6,8(11)12)7-2-1-3-13-7/h1-3,6H,4-5,10H2,(H,11,12). The third kappa shape index (κ3) is 1.17. The van der Waals surface area contributed by atoms with Crippen LogP contribution in [0.1, 0.15) is 17.7 Å². The molecule has 3 N–H and O–H groups in total. The molecular weight excluding hydrogens is 186 g/mol. The molecule has 1 saturated carbocycles. The predicted molar refractivity (Wildman–Crippen MR) is 50.8 cm³/mol. The molecule has 3 nitrogen and oxygen atoms in total. The van der Waals surface area contributed by atoms with Gasteiger partial charge in [0.2, 0.25) is 0 Å². The molecule has 0 radical (unpaired) electrons. The average molecular weight is 197 g/mol. The Morgan fingerprint density at radius 1 is 1.69 bits per heavy atom. The maximum absolute atomic E-state index is 11.1. The molecule has 2 rings (SSSR count). The monoisotopic (exact) mass is 197 g/mol. The lowest BCUT2D eigenvalue weighted by Gasteiger charge is -2.41. The van der Waals surface area contributed by atoms with Crippen LogP contribution in [0.5, 0.6) is 0 Å². The van der Waals surface area contributed by atoms with Gasteiger partial charge in [-0.2, -0.15) is 0 Å². The Hall–Kier alpha value is -0.870. The number of nitrogens with two attached hydrogens (primary N) is 1. The number of hydrogen-bond acceptors (Lipinski definition) is 3. The summed E-state index contributed by atoms with van der Waals surface area (Å²) in [5.41, 5.74) is 4.97. The van der Waals surface area contributed by atoms with E-state index in [4.69, 9.17) is 10.8 Å². The van der Waals surface area contributed by atoms with Gasteiger partial charge in [0, 0.05) is 10.9 Å². The Balaban J connectivity index is 2.31. The second-order valence-corrected chi connectivity index (χ2v) is 4.48. The Bertz CT molecular complexity index is 314. The number of aliphatic carboxylic acids is 1. The Labute approximate surface area is 80.2 Å². The molecular formula is C9H11NO2S. The second kappa shape index (κ2) is 2.82. The smallest absolute Gasteiger partial charge is 0.315 e. The van der Waals surface area contributed by atoms with Crippen LogP contribution in [-0.2, 0) is 10.2 Å². The third-order valence-electron chi connectivity index (χ3n) is 2.62. The van der Waals surface area contributed by atoms with Crippen LogP contribution >= 0.6 is 11.3 Å². The highest BCUT2D eigenvalue weighted by Gasteiger charge is 2.51. The average Bonchev–Trinajstić information content (AvgIpc) is 2.49. The van der Waals surface area contributed by atoms with Gasteiger partial charge < -0.3 is 10.8 Å². The predicted octanol–water partition coefficient (Wildman–Crippen LogP) is 1.19. The Kier molecular flexibility index (Phi) is 1.89. The molecule has 4 heteroatoms. The van der Waals surface area contributed by atoms with Crippen LogP contribution in [0.3, 0.4) is 0 Å². The zero-order valence-corrected chi connectivity index (χ0v) is 7.88. The van der Waals surface area contributed by atoms with E-state index in [9.17, 15) is 4.79 Å². The van der Waals surface area contributed by atoms with E-state index < -0.39 is 11.4 Å². The molecule has 1 fully saturated rings. The first-order chi connectivity index (χ1) is 6.15. The van der Waals surface area contributed by atoms with Gasteiger partial charge in [-0.3, -0.25) is 4.79 Å². The molecule has 0 bridgehead atoms. The van der Waals surface area contributed by atoms with Gasteiger partial charge in [-0.15, -0.1) is 11.3 Å². The first-order valence-electron chi connectivity index (χ1n) is 4.18. The van der Waals surface area contributed by atoms with Crippen molar-refractivity contribution in [3.05, 3.63) is 22.4 Å².